The molecule has 8 heterocycles. The second-order valence-electron chi connectivity index (χ2n) is 17.5. The van der Waals surface area contributed by atoms with E-state index >= 15 is 0 Å². The van der Waals surface area contributed by atoms with Gasteiger partial charge < -0.3 is 19.4 Å². The van der Waals surface area contributed by atoms with Crippen molar-refractivity contribution in [3.63, 3.8) is 0 Å². The van der Waals surface area contributed by atoms with Crippen molar-refractivity contribution < 1.29 is 32.7 Å². The largest absolute Gasteiger partial charge is 0.487 e. The van der Waals surface area contributed by atoms with Crippen molar-refractivity contribution in [2.45, 2.75) is 96.6 Å². The minimum absolute atomic E-state index is 0.00462. The van der Waals surface area contributed by atoms with Gasteiger partial charge in [-0.2, -0.15) is 10.2 Å². The molecule has 0 bridgehead atoms. The molecule has 10 rings (SSSR count). The second kappa shape index (κ2) is 16.9. The first-order valence-electron chi connectivity index (χ1n) is 22.1. The van der Waals surface area contributed by atoms with Gasteiger partial charge in [-0.1, -0.05) is 12.1 Å². The third kappa shape index (κ3) is 7.79. The summed E-state index contributed by atoms with van der Waals surface area (Å²) < 4.78 is 39.5. The number of likely N-dealkylation sites (tertiary alicyclic amines) is 1. The van der Waals surface area contributed by atoms with E-state index in [0.29, 0.717) is 54.9 Å². The van der Waals surface area contributed by atoms with Crippen LogP contribution >= 0.6 is 0 Å². The number of carbonyl (C=O) groups is 4. The van der Waals surface area contributed by atoms with E-state index in [1.165, 1.54) is 4.90 Å². The van der Waals surface area contributed by atoms with Crippen molar-refractivity contribution in [1.29, 1.82) is 0 Å². The normalized spacial score (nSPS) is 19.2. The fourth-order valence-corrected chi connectivity index (χ4v) is 10.1. The molecule has 2 aromatic carbocycles. The summed E-state index contributed by atoms with van der Waals surface area (Å²) in [5, 5.41) is 11.9. The number of ether oxygens (including phenoxy) is 1. The average molecular weight is 873 g/mol. The van der Waals surface area contributed by atoms with Crippen LogP contribution in [0.3, 0.4) is 0 Å². The van der Waals surface area contributed by atoms with Crippen LogP contribution in [-0.4, -0.2) is 95.1 Å². The Morgan fingerprint density at radius 3 is 2.52 bits per heavy atom. The van der Waals surface area contributed by atoms with Crippen molar-refractivity contribution in [2.24, 2.45) is 7.05 Å². The molecule has 5 aliphatic heterocycles. The number of rotatable bonds is 10. The summed E-state index contributed by atoms with van der Waals surface area (Å²) in [5.74, 6) is 0.306. The van der Waals surface area contributed by atoms with E-state index in [1.54, 1.807) is 49.2 Å². The first kappa shape index (κ1) is 41.5. The number of hydrogen-bond acceptors (Lipinski definition) is 10. The Bertz CT molecular complexity index is 2650. The van der Waals surface area contributed by atoms with E-state index in [9.17, 15) is 28.0 Å². The number of carbonyl (C=O) groups excluding carboxylic acids is 4. The lowest BCUT2D eigenvalue weighted by Crippen LogP contribution is -2.52. The van der Waals surface area contributed by atoms with Crippen molar-refractivity contribution >= 4 is 35.1 Å². The molecule has 5 aromatic rings. The summed E-state index contributed by atoms with van der Waals surface area (Å²) in [7, 11) is 1.78. The van der Waals surface area contributed by atoms with Crippen LogP contribution in [0.1, 0.15) is 101 Å². The summed E-state index contributed by atoms with van der Waals surface area (Å²) in [4.78, 5) is 62.7. The fourth-order valence-electron chi connectivity index (χ4n) is 10.1. The lowest BCUT2D eigenvalue weighted by atomic mass is 9.92. The maximum Gasteiger partial charge on any atom is 0.264 e. The summed E-state index contributed by atoms with van der Waals surface area (Å²) in [6, 6.07) is 12.3. The zero-order valence-corrected chi connectivity index (χ0v) is 35.9. The van der Waals surface area contributed by atoms with Crippen molar-refractivity contribution in [2.75, 3.05) is 31.1 Å². The van der Waals surface area contributed by atoms with Gasteiger partial charge in [-0.25, -0.2) is 8.78 Å². The SMILES string of the molecule is CC(=O)N1CCc2c(c(N3CCCc4cc(-c5cnn(C)c5)c(C(F)F)cc43)nn2C2CCN(Cc3ccc(COc4cccc5c4CN(C4CCC(=O)NC4=O)C5=O)nc3)CC2)C1. The minimum atomic E-state index is -2.67. The molecular weight excluding hydrogens is 823 g/mol. The van der Waals surface area contributed by atoms with Gasteiger partial charge in [-0.15, -0.1) is 0 Å². The zero-order valence-electron chi connectivity index (χ0n) is 35.9. The van der Waals surface area contributed by atoms with Crippen LogP contribution in [0, 0.1) is 0 Å². The number of pyridine rings is 1. The highest BCUT2D eigenvalue weighted by Gasteiger charge is 2.40. The number of anilines is 2. The van der Waals surface area contributed by atoms with Crippen molar-refractivity contribution in [3.05, 3.63) is 106 Å². The lowest BCUT2D eigenvalue weighted by molar-refractivity contribution is -0.137. The summed E-state index contributed by atoms with van der Waals surface area (Å²) >= 11 is 0. The van der Waals surface area contributed by atoms with Crippen LogP contribution in [0.25, 0.3) is 11.1 Å². The van der Waals surface area contributed by atoms with Gasteiger partial charge >= 0.3 is 0 Å². The smallest absolute Gasteiger partial charge is 0.264 e. The number of alkyl halides is 2. The van der Waals surface area contributed by atoms with Crippen LogP contribution in [0.15, 0.2) is 61.1 Å². The monoisotopic (exact) mass is 872 g/mol. The molecule has 0 aliphatic carbocycles. The Kier molecular flexibility index (Phi) is 11.0. The number of aromatic nitrogens is 5. The number of halogens is 2. The molecule has 1 atom stereocenters. The number of piperidine rings is 2. The van der Waals surface area contributed by atoms with E-state index in [-0.39, 0.29) is 48.9 Å². The Hall–Kier alpha value is -6.49. The molecule has 3 aromatic heterocycles. The Balaban J connectivity index is 0.807. The third-order valence-corrected chi connectivity index (χ3v) is 13.5. The fraction of sp³-hybridized carbons (Fsp3) is 0.426. The number of nitrogens with zero attached hydrogens (tertiary/aromatic N) is 9. The number of imide groups is 1. The number of aryl methyl sites for hydroxylation is 2. The number of benzene rings is 2. The molecule has 0 spiro atoms. The predicted octanol–water partition coefficient (Wildman–Crippen LogP) is 5.78. The van der Waals surface area contributed by atoms with Gasteiger partial charge in [-0.05, 0) is 79.1 Å². The molecule has 5 aliphatic rings. The first-order valence-corrected chi connectivity index (χ1v) is 22.1. The van der Waals surface area contributed by atoms with Gasteiger partial charge in [0.25, 0.3) is 12.3 Å². The van der Waals surface area contributed by atoms with Gasteiger partial charge in [0.15, 0.2) is 5.82 Å². The van der Waals surface area contributed by atoms with Crippen molar-refractivity contribution in [1.82, 2.24) is 44.6 Å². The summed E-state index contributed by atoms with van der Waals surface area (Å²) in [6.45, 7) is 6.16. The summed E-state index contributed by atoms with van der Waals surface area (Å²) in [6.07, 6.45) is 7.15. The highest BCUT2D eigenvalue weighted by atomic mass is 19.3. The molecule has 17 heteroatoms. The quantitative estimate of drug-likeness (QED) is 0.171. The van der Waals surface area contributed by atoms with Gasteiger partial charge in [0, 0.05) is 111 Å². The molecule has 332 valence electrons. The molecule has 0 radical (unpaired) electrons. The molecule has 15 nitrogen and oxygen atoms in total. The maximum atomic E-state index is 14.7. The number of nitrogens with one attached hydrogen (secondary N) is 1. The van der Waals surface area contributed by atoms with Crippen LogP contribution in [0.2, 0.25) is 0 Å². The molecule has 2 saturated heterocycles. The van der Waals surface area contributed by atoms with Crippen molar-refractivity contribution in [3.8, 4) is 16.9 Å². The van der Waals surface area contributed by atoms with E-state index < -0.39 is 18.4 Å². The topological polar surface area (TPSA) is 151 Å². The van der Waals surface area contributed by atoms with Crippen LogP contribution in [-0.2, 0) is 60.5 Å². The highest BCUT2D eigenvalue weighted by Crippen LogP contribution is 2.44. The standard InChI is InChI=1S/C47H50F2N10O5/c1-28(60)56-18-14-39-38(25-56)45(57-15-4-5-30-19-35(31-22-51-54(2)24-31)36(44(48)49)20-41(30)57)53-59(39)33-12-16-55(17-13-33)23-29-8-9-32(50-21-29)27-64-42-7-3-6-34-37(42)26-58(47(34)63)40-10-11-43(61)52-46(40)62/h3,6-9,19-22,24,33,40,44H,4-5,10-18,23,25-27H2,1-2H3,(H,52,61,62). The average Bonchev–Trinajstić information content (AvgIpc) is 4.00. The maximum absolute atomic E-state index is 14.7. The predicted molar refractivity (Wildman–Crippen MR) is 231 cm³/mol. The van der Waals surface area contributed by atoms with E-state index in [4.69, 9.17) is 14.8 Å². The van der Waals surface area contributed by atoms with Gasteiger partial charge in [0.1, 0.15) is 18.4 Å². The first-order chi connectivity index (χ1) is 31.0. The van der Waals surface area contributed by atoms with E-state index in [1.807, 2.05) is 29.3 Å². The number of fused-ring (bicyclic) bond motifs is 3. The van der Waals surface area contributed by atoms with E-state index in [0.717, 1.165) is 90.5 Å². The van der Waals surface area contributed by atoms with Gasteiger partial charge in [0.2, 0.25) is 17.7 Å². The Morgan fingerprint density at radius 2 is 1.78 bits per heavy atom. The third-order valence-electron chi connectivity index (χ3n) is 13.5. The highest BCUT2D eigenvalue weighted by molar-refractivity contribution is 6.05. The molecule has 64 heavy (non-hydrogen) atoms. The van der Waals surface area contributed by atoms with E-state index in [2.05, 4.69) is 31.0 Å². The number of amides is 4. The van der Waals surface area contributed by atoms with Gasteiger partial charge in [-0.3, -0.25) is 43.7 Å². The molecular formula is C47H50F2N10O5. The Labute approximate surface area is 369 Å². The lowest BCUT2D eigenvalue weighted by Gasteiger charge is -2.34. The number of hydrogen-bond donors (Lipinski definition) is 1. The molecule has 2 fully saturated rings. The summed E-state index contributed by atoms with van der Waals surface area (Å²) in [5.41, 5.74) is 8.04. The zero-order chi connectivity index (χ0) is 44.2. The van der Waals surface area contributed by atoms with Gasteiger partial charge in [0.05, 0.1) is 31.0 Å². The van der Waals surface area contributed by atoms with Crippen LogP contribution < -0.4 is 15.0 Å². The van der Waals surface area contributed by atoms with Crippen LogP contribution in [0.4, 0.5) is 20.3 Å². The molecule has 1 N–H and O–H groups in total. The molecule has 4 amide bonds. The molecule has 1 unspecified atom stereocenters. The Morgan fingerprint density at radius 1 is 0.938 bits per heavy atom. The second-order valence-corrected chi connectivity index (χ2v) is 17.5. The van der Waals surface area contributed by atoms with Crippen LogP contribution in [0.5, 0.6) is 5.75 Å². The minimum Gasteiger partial charge on any atom is -0.487 e. The molecule has 0 saturated carbocycles.